The Morgan fingerprint density at radius 3 is 2.36 bits per heavy atom. The standard InChI is InChI=1S/C10H17NO2.ClH/c12-10(13)6-7-4-8-2-1-3-9(5-7)11-8;/h7-9,11H,1-6H2,(H,12,13);1H. The van der Waals surface area contributed by atoms with E-state index in [2.05, 4.69) is 5.32 Å². The van der Waals surface area contributed by atoms with Crippen molar-refractivity contribution in [3.63, 3.8) is 0 Å². The van der Waals surface area contributed by atoms with Crippen molar-refractivity contribution < 1.29 is 9.90 Å². The average Bonchev–Trinajstić information content (AvgIpc) is 2.01. The van der Waals surface area contributed by atoms with Gasteiger partial charge in [0.05, 0.1) is 0 Å². The molecule has 2 saturated heterocycles. The first kappa shape index (κ1) is 11.8. The lowest BCUT2D eigenvalue weighted by atomic mass is 9.79. The molecule has 0 aromatic rings. The Morgan fingerprint density at radius 2 is 1.86 bits per heavy atom. The normalized spacial score (nSPS) is 35.9. The largest absolute Gasteiger partial charge is 0.481 e. The monoisotopic (exact) mass is 219 g/mol. The quantitative estimate of drug-likeness (QED) is 0.745. The van der Waals surface area contributed by atoms with Crippen molar-refractivity contribution in [1.82, 2.24) is 5.32 Å². The van der Waals surface area contributed by atoms with E-state index >= 15 is 0 Å². The smallest absolute Gasteiger partial charge is 0.303 e. The van der Waals surface area contributed by atoms with Gasteiger partial charge in [-0.3, -0.25) is 4.79 Å². The number of rotatable bonds is 2. The third kappa shape index (κ3) is 2.85. The third-order valence-corrected chi connectivity index (χ3v) is 3.28. The average molecular weight is 220 g/mol. The highest BCUT2D eigenvalue weighted by atomic mass is 35.5. The topological polar surface area (TPSA) is 49.3 Å². The number of piperidine rings is 2. The van der Waals surface area contributed by atoms with Crippen LogP contribution in [0.15, 0.2) is 0 Å². The number of fused-ring (bicyclic) bond motifs is 2. The molecule has 4 heteroatoms. The lowest BCUT2D eigenvalue weighted by Gasteiger charge is -2.39. The van der Waals surface area contributed by atoms with Gasteiger partial charge in [0.15, 0.2) is 0 Å². The predicted molar refractivity (Wildman–Crippen MR) is 56.8 cm³/mol. The van der Waals surface area contributed by atoms with Crippen LogP contribution in [0.5, 0.6) is 0 Å². The lowest BCUT2D eigenvalue weighted by Crippen LogP contribution is -2.48. The second-order valence-electron chi connectivity index (χ2n) is 4.43. The van der Waals surface area contributed by atoms with Crippen LogP contribution in [0.3, 0.4) is 0 Å². The molecule has 2 unspecified atom stereocenters. The number of hydrogen-bond donors (Lipinski definition) is 2. The molecule has 0 aromatic carbocycles. The van der Waals surface area contributed by atoms with Gasteiger partial charge in [0.2, 0.25) is 0 Å². The van der Waals surface area contributed by atoms with E-state index in [4.69, 9.17) is 5.11 Å². The van der Waals surface area contributed by atoms with Gasteiger partial charge in [-0.05, 0) is 31.6 Å². The van der Waals surface area contributed by atoms with Crippen LogP contribution in [0.1, 0.15) is 38.5 Å². The van der Waals surface area contributed by atoms with E-state index in [0.717, 1.165) is 12.8 Å². The minimum Gasteiger partial charge on any atom is -0.481 e. The summed E-state index contributed by atoms with van der Waals surface area (Å²) in [5.41, 5.74) is 0. The van der Waals surface area contributed by atoms with E-state index in [1.165, 1.54) is 19.3 Å². The molecule has 0 saturated carbocycles. The Hall–Kier alpha value is -0.280. The van der Waals surface area contributed by atoms with Crippen LogP contribution in [-0.4, -0.2) is 23.2 Å². The summed E-state index contributed by atoms with van der Waals surface area (Å²) < 4.78 is 0. The maximum atomic E-state index is 10.6. The molecule has 0 aromatic heterocycles. The van der Waals surface area contributed by atoms with Crippen molar-refractivity contribution in [3.8, 4) is 0 Å². The molecule has 82 valence electrons. The number of hydrogen-bond acceptors (Lipinski definition) is 2. The van der Waals surface area contributed by atoms with Crippen LogP contribution in [0, 0.1) is 5.92 Å². The summed E-state index contributed by atoms with van der Waals surface area (Å²) in [6.45, 7) is 0. The summed E-state index contributed by atoms with van der Waals surface area (Å²) in [5.74, 6) is -0.209. The highest BCUT2D eigenvalue weighted by molar-refractivity contribution is 5.85. The minimum absolute atomic E-state index is 0. The van der Waals surface area contributed by atoms with Crippen molar-refractivity contribution in [2.45, 2.75) is 50.6 Å². The van der Waals surface area contributed by atoms with Gasteiger partial charge in [0, 0.05) is 18.5 Å². The van der Waals surface area contributed by atoms with E-state index in [0.29, 0.717) is 24.4 Å². The maximum Gasteiger partial charge on any atom is 0.303 e. The molecule has 0 spiro atoms. The van der Waals surface area contributed by atoms with Crippen LogP contribution < -0.4 is 5.32 Å². The van der Waals surface area contributed by atoms with Gasteiger partial charge in [0.1, 0.15) is 0 Å². The molecule has 2 N–H and O–H groups in total. The molecule has 2 aliphatic rings. The van der Waals surface area contributed by atoms with Crippen molar-refractivity contribution >= 4 is 18.4 Å². The number of carboxylic acid groups (broad SMARTS) is 1. The Labute approximate surface area is 90.7 Å². The molecule has 0 amide bonds. The van der Waals surface area contributed by atoms with E-state index in [9.17, 15) is 4.79 Å². The molecule has 0 radical (unpaired) electrons. The second kappa shape index (κ2) is 4.99. The molecule has 2 rings (SSSR count). The van der Waals surface area contributed by atoms with E-state index in [-0.39, 0.29) is 12.4 Å². The zero-order valence-electron chi connectivity index (χ0n) is 8.24. The summed E-state index contributed by atoms with van der Waals surface area (Å²) in [6, 6.07) is 1.22. The summed E-state index contributed by atoms with van der Waals surface area (Å²) in [5, 5.41) is 12.3. The van der Waals surface area contributed by atoms with Crippen LogP contribution >= 0.6 is 12.4 Å². The Balaban J connectivity index is 0.000000980. The molecule has 2 fully saturated rings. The van der Waals surface area contributed by atoms with Crippen molar-refractivity contribution in [1.29, 1.82) is 0 Å². The zero-order valence-corrected chi connectivity index (χ0v) is 9.05. The van der Waals surface area contributed by atoms with Crippen LogP contribution in [0.2, 0.25) is 0 Å². The van der Waals surface area contributed by atoms with Crippen LogP contribution in [0.25, 0.3) is 0 Å². The predicted octanol–water partition coefficient (Wildman–Crippen LogP) is 1.80. The van der Waals surface area contributed by atoms with Gasteiger partial charge < -0.3 is 10.4 Å². The summed E-state index contributed by atoms with van der Waals surface area (Å²) >= 11 is 0. The minimum atomic E-state index is -0.634. The fourth-order valence-electron chi connectivity index (χ4n) is 2.80. The van der Waals surface area contributed by atoms with E-state index in [1.807, 2.05) is 0 Å². The first-order valence-corrected chi connectivity index (χ1v) is 5.22. The Kier molecular flexibility index (Phi) is 4.20. The molecule has 0 aliphatic carbocycles. The molecule has 2 aliphatic heterocycles. The highest BCUT2D eigenvalue weighted by Crippen LogP contribution is 2.31. The molecular formula is C10H18ClNO2. The summed E-state index contributed by atoms with van der Waals surface area (Å²) in [4.78, 5) is 10.6. The van der Waals surface area contributed by atoms with Gasteiger partial charge >= 0.3 is 5.97 Å². The zero-order chi connectivity index (χ0) is 9.26. The van der Waals surface area contributed by atoms with E-state index < -0.39 is 5.97 Å². The number of carbonyl (C=O) groups is 1. The number of carboxylic acids is 1. The number of halogens is 1. The van der Waals surface area contributed by atoms with Gasteiger partial charge in [-0.25, -0.2) is 0 Å². The molecule has 2 atom stereocenters. The van der Waals surface area contributed by atoms with Crippen molar-refractivity contribution in [3.05, 3.63) is 0 Å². The first-order chi connectivity index (χ1) is 6.24. The van der Waals surface area contributed by atoms with Gasteiger partial charge in [-0.1, -0.05) is 6.42 Å². The molecule has 14 heavy (non-hydrogen) atoms. The first-order valence-electron chi connectivity index (χ1n) is 5.22. The maximum absolute atomic E-state index is 10.6. The van der Waals surface area contributed by atoms with E-state index in [1.54, 1.807) is 0 Å². The van der Waals surface area contributed by atoms with Crippen molar-refractivity contribution in [2.24, 2.45) is 5.92 Å². The highest BCUT2D eigenvalue weighted by Gasteiger charge is 2.31. The van der Waals surface area contributed by atoms with Gasteiger partial charge in [0.25, 0.3) is 0 Å². The van der Waals surface area contributed by atoms with Crippen LogP contribution in [0.4, 0.5) is 0 Å². The van der Waals surface area contributed by atoms with Gasteiger partial charge in [-0.15, -0.1) is 12.4 Å². The lowest BCUT2D eigenvalue weighted by molar-refractivity contribution is -0.138. The molecule has 2 heterocycles. The fraction of sp³-hybridized carbons (Fsp3) is 0.900. The molecule has 2 bridgehead atoms. The summed E-state index contributed by atoms with van der Waals surface area (Å²) in [7, 11) is 0. The van der Waals surface area contributed by atoms with Crippen molar-refractivity contribution in [2.75, 3.05) is 0 Å². The number of nitrogens with one attached hydrogen (secondary N) is 1. The number of aliphatic carboxylic acids is 1. The fourth-order valence-corrected chi connectivity index (χ4v) is 2.80. The Morgan fingerprint density at radius 1 is 1.29 bits per heavy atom. The molecule has 3 nitrogen and oxygen atoms in total. The Bertz CT molecular complexity index is 198. The van der Waals surface area contributed by atoms with Gasteiger partial charge in [-0.2, -0.15) is 0 Å². The summed E-state index contributed by atoms with van der Waals surface area (Å²) in [6.07, 6.45) is 6.32. The molecular weight excluding hydrogens is 202 g/mol. The second-order valence-corrected chi connectivity index (χ2v) is 4.43. The third-order valence-electron chi connectivity index (χ3n) is 3.28. The SMILES string of the molecule is Cl.O=C(O)CC1CC2CCCC(C1)N2. The van der Waals surface area contributed by atoms with Crippen LogP contribution in [-0.2, 0) is 4.79 Å².